The number of nitrogens with zero attached hydrogens (tertiary/aromatic N) is 1. The Morgan fingerprint density at radius 3 is 2.82 bits per heavy atom. The third-order valence-corrected chi connectivity index (χ3v) is 3.95. The molecule has 1 heterocycles. The van der Waals surface area contributed by atoms with Crippen LogP contribution in [0.2, 0.25) is 0 Å². The third-order valence-electron chi connectivity index (χ3n) is 3.95. The van der Waals surface area contributed by atoms with Crippen molar-refractivity contribution in [1.82, 2.24) is 10.2 Å². The topological polar surface area (TPSA) is 44.7 Å². The summed E-state index contributed by atoms with van der Waals surface area (Å²) in [4.78, 5) is 2.47. The summed E-state index contributed by atoms with van der Waals surface area (Å²) in [5.41, 5.74) is -0.0810. The van der Waals surface area contributed by atoms with E-state index in [9.17, 15) is 5.11 Å². The Morgan fingerprint density at radius 2 is 2.18 bits per heavy atom. The van der Waals surface area contributed by atoms with Gasteiger partial charge in [-0.3, -0.25) is 0 Å². The zero-order valence-corrected chi connectivity index (χ0v) is 11.4. The molecule has 2 N–H and O–H groups in total. The Labute approximate surface area is 105 Å². The molecule has 0 aromatic carbocycles. The van der Waals surface area contributed by atoms with Crippen LogP contribution in [0.4, 0.5) is 0 Å². The third kappa shape index (κ3) is 4.92. The lowest BCUT2D eigenvalue weighted by Gasteiger charge is -2.31. The lowest BCUT2D eigenvalue weighted by Crippen LogP contribution is -2.46. The number of hydrogen-bond acceptors (Lipinski definition) is 4. The van der Waals surface area contributed by atoms with Crippen molar-refractivity contribution in [2.24, 2.45) is 0 Å². The van der Waals surface area contributed by atoms with Crippen molar-refractivity contribution in [3.05, 3.63) is 0 Å². The fourth-order valence-electron chi connectivity index (χ4n) is 2.41. The van der Waals surface area contributed by atoms with E-state index in [-0.39, 0.29) is 12.1 Å². The Bertz CT molecular complexity index is 180. The van der Waals surface area contributed by atoms with E-state index in [0.29, 0.717) is 0 Å². The van der Waals surface area contributed by atoms with Crippen LogP contribution in [-0.2, 0) is 4.74 Å². The van der Waals surface area contributed by atoms with E-state index < -0.39 is 0 Å². The monoisotopic (exact) mass is 244 g/mol. The highest BCUT2D eigenvalue weighted by atomic mass is 16.5. The van der Waals surface area contributed by atoms with Crippen LogP contribution >= 0.6 is 0 Å². The molecule has 102 valence electrons. The van der Waals surface area contributed by atoms with Crippen LogP contribution in [0, 0.1) is 0 Å². The molecule has 17 heavy (non-hydrogen) atoms. The van der Waals surface area contributed by atoms with Crippen molar-refractivity contribution in [2.45, 2.75) is 38.1 Å². The van der Waals surface area contributed by atoms with Gasteiger partial charge in [0.15, 0.2) is 0 Å². The molecule has 1 atom stereocenters. The summed E-state index contributed by atoms with van der Waals surface area (Å²) < 4.78 is 5.44. The van der Waals surface area contributed by atoms with Crippen LogP contribution in [0.25, 0.3) is 0 Å². The summed E-state index contributed by atoms with van der Waals surface area (Å²) in [5.74, 6) is 0. The first-order chi connectivity index (χ1) is 8.26. The number of aliphatic hydroxyl groups excluding tert-OH is 1. The summed E-state index contributed by atoms with van der Waals surface area (Å²) in [6.45, 7) is 7.45. The molecule has 1 aliphatic heterocycles. The standard InChI is InChI=1S/C13H28N2O2/c1-3-13(12-16,14-2)6-4-7-15-8-5-10-17-11-9-15/h14,16H,3-12H2,1-2H3. The average molecular weight is 244 g/mol. The molecule has 0 amide bonds. The van der Waals surface area contributed by atoms with E-state index in [0.717, 1.165) is 58.5 Å². The van der Waals surface area contributed by atoms with Crippen LogP contribution < -0.4 is 5.32 Å². The number of aliphatic hydroxyl groups is 1. The van der Waals surface area contributed by atoms with Crippen molar-refractivity contribution in [3.8, 4) is 0 Å². The first kappa shape index (κ1) is 14.9. The Morgan fingerprint density at radius 1 is 1.35 bits per heavy atom. The average Bonchev–Trinajstić information content (AvgIpc) is 2.64. The van der Waals surface area contributed by atoms with E-state index in [1.807, 2.05) is 7.05 Å². The molecule has 4 heteroatoms. The van der Waals surface area contributed by atoms with E-state index in [1.54, 1.807) is 0 Å². The molecule has 1 rings (SSSR count). The highest BCUT2D eigenvalue weighted by Crippen LogP contribution is 2.16. The van der Waals surface area contributed by atoms with Crippen LogP contribution in [-0.4, -0.2) is 62.0 Å². The lowest BCUT2D eigenvalue weighted by atomic mass is 9.91. The van der Waals surface area contributed by atoms with Gasteiger partial charge in [-0.25, -0.2) is 0 Å². The first-order valence-corrected chi connectivity index (χ1v) is 6.86. The van der Waals surface area contributed by atoms with Gasteiger partial charge in [-0.05, 0) is 39.3 Å². The Hall–Kier alpha value is -0.160. The molecule has 4 nitrogen and oxygen atoms in total. The van der Waals surface area contributed by atoms with Gasteiger partial charge in [0.05, 0.1) is 13.2 Å². The Kier molecular flexibility index (Phi) is 7.04. The number of rotatable bonds is 7. The molecule has 0 aliphatic carbocycles. The van der Waals surface area contributed by atoms with E-state index in [4.69, 9.17) is 4.74 Å². The molecule has 1 fully saturated rings. The normalized spacial score (nSPS) is 22.1. The molecule has 0 aromatic rings. The lowest BCUT2D eigenvalue weighted by molar-refractivity contribution is 0.134. The van der Waals surface area contributed by atoms with Crippen molar-refractivity contribution < 1.29 is 9.84 Å². The molecule has 0 radical (unpaired) electrons. The number of ether oxygens (including phenoxy) is 1. The second-order valence-electron chi connectivity index (χ2n) is 4.95. The fraction of sp³-hybridized carbons (Fsp3) is 1.00. The molecule has 1 saturated heterocycles. The van der Waals surface area contributed by atoms with Gasteiger partial charge in [-0.2, -0.15) is 0 Å². The van der Waals surface area contributed by atoms with Crippen LogP contribution in [0.3, 0.4) is 0 Å². The van der Waals surface area contributed by atoms with Crippen molar-refractivity contribution in [2.75, 3.05) is 46.5 Å². The minimum absolute atomic E-state index is 0.0810. The van der Waals surface area contributed by atoms with Gasteiger partial charge >= 0.3 is 0 Å². The Balaban J connectivity index is 2.25. The van der Waals surface area contributed by atoms with Gasteiger partial charge < -0.3 is 20.1 Å². The highest BCUT2D eigenvalue weighted by molar-refractivity contribution is 4.84. The highest BCUT2D eigenvalue weighted by Gasteiger charge is 2.24. The maximum Gasteiger partial charge on any atom is 0.0613 e. The number of nitrogens with one attached hydrogen (secondary N) is 1. The summed E-state index contributed by atoms with van der Waals surface area (Å²) in [7, 11) is 1.94. The summed E-state index contributed by atoms with van der Waals surface area (Å²) >= 11 is 0. The van der Waals surface area contributed by atoms with Gasteiger partial charge in [0.2, 0.25) is 0 Å². The van der Waals surface area contributed by atoms with Gasteiger partial charge in [0.25, 0.3) is 0 Å². The maximum atomic E-state index is 9.46. The predicted octanol–water partition coefficient (Wildman–Crippen LogP) is 0.849. The minimum atomic E-state index is -0.0810. The van der Waals surface area contributed by atoms with Gasteiger partial charge in [0.1, 0.15) is 0 Å². The molecule has 0 spiro atoms. The summed E-state index contributed by atoms with van der Waals surface area (Å²) in [6, 6.07) is 0. The van der Waals surface area contributed by atoms with Crippen molar-refractivity contribution >= 4 is 0 Å². The van der Waals surface area contributed by atoms with E-state index in [1.165, 1.54) is 0 Å². The van der Waals surface area contributed by atoms with Crippen molar-refractivity contribution in [1.29, 1.82) is 0 Å². The summed E-state index contributed by atoms with van der Waals surface area (Å²) in [5, 5.41) is 12.7. The first-order valence-electron chi connectivity index (χ1n) is 6.86. The van der Waals surface area contributed by atoms with E-state index >= 15 is 0 Å². The minimum Gasteiger partial charge on any atom is -0.394 e. The predicted molar refractivity (Wildman–Crippen MR) is 70.3 cm³/mol. The van der Waals surface area contributed by atoms with Crippen molar-refractivity contribution in [3.63, 3.8) is 0 Å². The zero-order chi connectivity index (χ0) is 12.6. The molecule has 1 aliphatic rings. The molecular weight excluding hydrogens is 216 g/mol. The van der Waals surface area contributed by atoms with Gasteiger partial charge in [-0.15, -0.1) is 0 Å². The SMILES string of the molecule is CCC(CO)(CCCN1CCCOCC1)NC. The zero-order valence-electron chi connectivity index (χ0n) is 11.4. The number of likely N-dealkylation sites (N-methyl/N-ethyl adjacent to an activating group) is 1. The molecule has 0 saturated carbocycles. The molecule has 0 bridgehead atoms. The van der Waals surface area contributed by atoms with Crippen LogP contribution in [0.1, 0.15) is 32.6 Å². The smallest absolute Gasteiger partial charge is 0.0613 e. The number of hydrogen-bond donors (Lipinski definition) is 2. The quantitative estimate of drug-likeness (QED) is 0.697. The molecule has 1 unspecified atom stereocenters. The van der Waals surface area contributed by atoms with Crippen LogP contribution in [0.5, 0.6) is 0 Å². The summed E-state index contributed by atoms with van der Waals surface area (Å²) in [6.07, 6.45) is 4.29. The second kappa shape index (κ2) is 8.03. The molecule has 0 aromatic heterocycles. The second-order valence-corrected chi connectivity index (χ2v) is 4.95. The van der Waals surface area contributed by atoms with Gasteiger partial charge in [-0.1, -0.05) is 6.92 Å². The fourth-order valence-corrected chi connectivity index (χ4v) is 2.41. The maximum absolute atomic E-state index is 9.46. The van der Waals surface area contributed by atoms with Crippen LogP contribution in [0.15, 0.2) is 0 Å². The molecular formula is C13H28N2O2. The van der Waals surface area contributed by atoms with E-state index in [2.05, 4.69) is 17.1 Å². The van der Waals surface area contributed by atoms with Gasteiger partial charge in [0, 0.05) is 25.2 Å². The largest absolute Gasteiger partial charge is 0.394 e.